The molecule has 6 heteroatoms. The van der Waals surface area contributed by atoms with Gasteiger partial charge in [-0.3, -0.25) is 9.59 Å². The number of amides is 2. The van der Waals surface area contributed by atoms with E-state index in [0.717, 1.165) is 31.5 Å². The van der Waals surface area contributed by atoms with Gasteiger partial charge in [0.1, 0.15) is 0 Å². The van der Waals surface area contributed by atoms with Crippen molar-refractivity contribution in [1.82, 2.24) is 10.2 Å². The first kappa shape index (κ1) is 21.5. The molecule has 0 aliphatic carbocycles. The number of piperidine rings is 1. The van der Waals surface area contributed by atoms with Crippen molar-refractivity contribution in [3.8, 4) is 0 Å². The standard InChI is InChI=1S/C19H29N3O2.ClH/c1-14(2)12-17(20)18(23)21-13-15-6-8-16(9-7-15)19(24)22-10-4-3-5-11-22;/h6-9,14,17H,3-5,10-13,20H2,1-2H3,(H,21,23);1H/t17-;/m0./s1. The Bertz CT molecular complexity index is 554. The molecule has 0 bridgehead atoms. The summed E-state index contributed by atoms with van der Waals surface area (Å²) >= 11 is 0. The minimum atomic E-state index is -0.468. The first-order chi connectivity index (χ1) is 11.5. The fourth-order valence-corrected chi connectivity index (χ4v) is 2.98. The van der Waals surface area contributed by atoms with E-state index in [4.69, 9.17) is 5.73 Å². The highest BCUT2D eigenvalue weighted by molar-refractivity contribution is 5.94. The van der Waals surface area contributed by atoms with E-state index < -0.39 is 6.04 Å². The van der Waals surface area contributed by atoms with Crippen LogP contribution in [0.5, 0.6) is 0 Å². The van der Waals surface area contributed by atoms with E-state index in [9.17, 15) is 9.59 Å². The van der Waals surface area contributed by atoms with Crippen molar-refractivity contribution in [2.75, 3.05) is 13.1 Å². The van der Waals surface area contributed by atoms with Gasteiger partial charge in [0.05, 0.1) is 6.04 Å². The maximum absolute atomic E-state index is 12.4. The Morgan fingerprint density at radius 2 is 1.72 bits per heavy atom. The number of carbonyl (C=O) groups excluding carboxylic acids is 2. The molecular formula is C19H30ClN3O2. The lowest BCUT2D eigenvalue weighted by molar-refractivity contribution is -0.122. The normalized spacial score (nSPS) is 15.4. The quantitative estimate of drug-likeness (QED) is 0.811. The van der Waals surface area contributed by atoms with Crippen LogP contribution in [0.15, 0.2) is 24.3 Å². The number of nitrogens with one attached hydrogen (secondary N) is 1. The molecule has 0 unspecified atom stereocenters. The fraction of sp³-hybridized carbons (Fsp3) is 0.579. The summed E-state index contributed by atoms with van der Waals surface area (Å²) in [5, 5.41) is 2.86. The van der Waals surface area contributed by atoms with Gasteiger partial charge in [-0.25, -0.2) is 0 Å². The van der Waals surface area contributed by atoms with Crippen LogP contribution in [0, 0.1) is 5.92 Å². The third-order valence-corrected chi connectivity index (χ3v) is 4.37. The first-order valence-electron chi connectivity index (χ1n) is 8.89. The van der Waals surface area contributed by atoms with Gasteiger partial charge in [-0.15, -0.1) is 12.4 Å². The van der Waals surface area contributed by atoms with Crippen LogP contribution in [0.25, 0.3) is 0 Å². The third-order valence-electron chi connectivity index (χ3n) is 4.37. The molecule has 140 valence electrons. The molecule has 5 nitrogen and oxygen atoms in total. The van der Waals surface area contributed by atoms with Gasteiger partial charge >= 0.3 is 0 Å². The molecule has 25 heavy (non-hydrogen) atoms. The van der Waals surface area contributed by atoms with Gasteiger partial charge < -0.3 is 16.0 Å². The Hall–Kier alpha value is -1.59. The number of carbonyl (C=O) groups is 2. The summed E-state index contributed by atoms with van der Waals surface area (Å²) in [4.78, 5) is 26.3. The fourth-order valence-electron chi connectivity index (χ4n) is 2.98. The van der Waals surface area contributed by atoms with Crippen LogP contribution >= 0.6 is 12.4 Å². The smallest absolute Gasteiger partial charge is 0.253 e. The molecule has 1 aromatic rings. The lowest BCUT2D eigenvalue weighted by Gasteiger charge is -2.26. The van der Waals surface area contributed by atoms with Gasteiger partial charge in [0, 0.05) is 25.2 Å². The zero-order valence-electron chi connectivity index (χ0n) is 15.2. The number of nitrogens with two attached hydrogens (primary N) is 1. The van der Waals surface area contributed by atoms with Crippen LogP contribution < -0.4 is 11.1 Å². The molecular weight excluding hydrogens is 338 g/mol. The lowest BCUT2D eigenvalue weighted by atomic mass is 10.0. The molecule has 1 aliphatic heterocycles. The third kappa shape index (κ3) is 6.67. The minimum absolute atomic E-state index is 0. The molecule has 1 saturated heterocycles. The second-order valence-electron chi connectivity index (χ2n) is 7.00. The Labute approximate surface area is 156 Å². The number of likely N-dealkylation sites (tertiary alicyclic amines) is 1. The van der Waals surface area contributed by atoms with Crippen molar-refractivity contribution in [2.24, 2.45) is 11.7 Å². The second kappa shape index (κ2) is 10.4. The number of rotatable bonds is 6. The number of benzene rings is 1. The predicted octanol–water partition coefficient (Wildman–Crippen LogP) is 2.72. The molecule has 0 radical (unpaired) electrons. The van der Waals surface area contributed by atoms with Gasteiger partial charge in [0.2, 0.25) is 5.91 Å². The molecule has 0 aromatic heterocycles. The summed E-state index contributed by atoms with van der Waals surface area (Å²) in [6.07, 6.45) is 4.06. The summed E-state index contributed by atoms with van der Waals surface area (Å²) in [5.41, 5.74) is 7.55. The number of nitrogens with zero attached hydrogens (tertiary/aromatic N) is 1. The topological polar surface area (TPSA) is 75.4 Å². The summed E-state index contributed by atoms with van der Waals surface area (Å²) in [5.74, 6) is 0.368. The van der Waals surface area contributed by atoms with Crippen molar-refractivity contribution in [3.63, 3.8) is 0 Å². The zero-order valence-corrected chi connectivity index (χ0v) is 16.0. The van der Waals surface area contributed by atoms with E-state index in [2.05, 4.69) is 5.32 Å². The molecule has 1 aliphatic rings. The minimum Gasteiger partial charge on any atom is -0.351 e. The largest absolute Gasteiger partial charge is 0.351 e. The summed E-state index contributed by atoms with van der Waals surface area (Å²) in [7, 11) is 0. The second-order valence-corrected chi connectivity index (χ2v) is 7.00. The highest BCUT2D eigenvalue weighted by Gasteiger charge is 2.18. The monoisotopic (exact) mass is 367 g/mol. The maximum atomic E-state index is 12.4. The Morgan fingerprint density at radius 3 is 2.28 bits per heavy atom. The van der Waals surface area contributed by atoms with Gasteiger partial charge in [-0.1, -0.05) is 26.0 Å². The molecule has 3 N–H and O–H groups in total. The zero-order chi connectivity index (χ0) is 17.5. The van der Waals surface area contributed by atoms with Crippen LogP contribution in [0.4, 0.5) is 0 Å². The summed E-state index contributed by atoms with van der Waals surface area (Å²) < 4.78 is 0. The molecule has 0 spiro atoms. The lowest BCUT2D eigenvalue weighted by Crippen LogP contribution is -2.41. The molecule has 0 saturated carbocycles. The van der Waals surface area contributed by atoms with Crippen LogP contribution in [0.3, 0.4) is 0 Å². The average molecular weight is 368 g/mol. The van der Waals surface area contributed by atoms with E-state index in [1.807, 2.05) is 43.0 Å². The number of hydrogen-bond acceptors (Lipinski definition) is 3. The molecule has 1 atom stereocenters. The van der Waals surface area contributed by atoms with E-state index in [-0.39, 0.29) is 24.2 Å². The van der Waals surface area contributed by atoms with Crippen LogP contribution in [-0.4, -0.2) is 35.8 Å². The van der Waals surface area contributed by atoms with Gasteiger partial charge in [-0.2, -0.15) is 0 Å². The van der Waals surface area contributed by atoms with Crippen molar-refractivity contribution in [3.05, 3.63) is 35.4 Å². The summed E-state index contributed by atoms with van der Waals surface area (Å²) in [6, 6.07) is 7.00. The van der Waals surface area contributed by atoms with Crippen LogP contribution in [0.1, 0.15) is 55.5 Å². The van der Waals surface area contributed by atoms with E-state index in [1.165, 1.54) is 6.42 Å². The molecule has 2 rings (SSSR count). The Balaban J connectivity index is 0.00000312. The van der Waals surface area contributed by atoms with Crippen molar-refractivity contribution in [2.45, 2.75) is 52.1 Å². The number of hydrogen-bond donors (Lipinski definition) is 2. The van der Waals surface area contributed by atoms with Gasteiger partial charge in [-0.05, 0) is 49.3 Å². The number of halogens is 1. The Kier molecular flexibility index (Phi) is 8.93. The molecule has 1 aromatic carbocycles. The van der Waals surface area contributed by atoms with E-state index in [1.54, 1.807) is 0 Å². The summed E-state index contributed by atoms with van der Waals surface area (Å²) in [6.45, 7) is 6.23. The van der Waals surface area contributed by atoms with Crippen molar-refractivity contribution >= 4 is 24.2 Å². The van der Waals surface area contributed by atoms with Crippen molar-refractivity contribution < 1.29 is 9.59 Å². The highest BCUT2D eigenvalue weighted by atomic mass is 35.5. The SMILES string of the molecule is CC(C)C[C@H](N)C(=O)NCc1ccc(C(=O)N2CCCCC2)cc1.Cl. The van der Waals surface area contributed by atoms with E-state index >= 15 is 0 Å². The average Bonchev–Trinajstić information content (AvgIpc) is 2.59. The highest BCUT2D eigenvalue weighted by Crippen LogP contribution is 2.14. The maximum Gasteiger partial charge on any atom is 0.253 e. The molecule has 1 fully saturated rings. The van der Waals surface area contributed by atoms with Gasteiger partial charge in [0.25, 0.3) is 5.91 Å². The van der Waals surface area contributed by atoms with Crippen LogP contribution in [0.2, 0.25) is 0 Å². The van der Waals surface area contributed by atoms with Gasteiger partial charge in [0.15, 0.2) is 0 Å². The Morgan fingerprint density at radius 1 is 1.12 bits per heavy atom. The molecule has 2 amide bonds. The van der Waals surface area contributed by atoms with Crippen LogP contribution in [-0.2, 0) is 11.3 Å². The molecule has 1 heterocycles. The first-order valence-corrected chi connectivity index (χ1v) is 8.89. The van der Waals surface area contributed by atoms with Crippen molar-refractivity contribution in [1.29, 1.82) is 0 Å². The van der Waals surface area contributed by atoms with E-state index in [0.29, 0.717) is 24.4 Å². The predicted molar refractivity (Wildman–Crippen MR) is 103 cm³/mol.